The first-order valence-electron chi connectivity index (χ1n) is 5.69. The lowest BCUT2D eigenvalue weighted by Crippen LogP contribution is -2.28. The van der Waals surface area contributed by atoms with Crippen LogP contribution in [0.3, 0.4) is 0 Å². The molecule has 18 heavy (non-hydrogen) atoms. The van der Waals surface area contributed by atoms with Crippen molar-refractivity contribution in [1.29, 1.82) is 0 Å². The Balaban J connectivity index is 2.77. The molecule has 0 aliphatic carbocycles. The molecule has 1 aromatic rings. The first kappa shape index (κ1) is 15.3. The van der Waals surface area contributed by atoms with E-state index in [4.69, 9.17) is 33.0 Å². The zero-order valence-corrected chi connectivity index (χ0v) is 11.8. The maximum Gasteiger partial charge on any atom is 0.333 e. The standard InChI is InChI=1S/C13H16Cl2O3/c1-8(2)7-18-11(13(16)17)6-9-4-3-5-10(14)12(9)15/h3-5,8,11H,6-7H2,1-2H3,(H,16,17)/t11-/m1/s1. The van der Waals surface area contributed by atoms with E-state index in [1.54, 1.807) is 18.2 Å². The van der Waals surface area contributed by atoms with E-state index in [1.165, 1.54) is 0 Å². The molecule has 0 spiro atoms. The fourth-order valence-electron chi connectivity index (χ4n) is 1.43. The zero-order chi connectivity index (χ0) is 13.7. The summed E-state index contributed by atoms with van der Waals surface area (Å²) in [5, 5.41) is 9.91. The Labute approximate surface area is 117 Å². The van der Waals surface area contributed by atoms with Gasteiger partial charge in [0.15, 0.2) is 6.10 Å². The van der Waals surface area contributed by atoms with Gasteiger partial charge in [0.25, 0.3) is 0 Å². The molecule has 0 aromatic heterocycles. The number of carbonyl (C=O) groups is 1. The van der Waals surface area contributed by atoms with Crippen molar-refractivity contribution in [3.05, 3.63) is 33.8 Å². The minimum atomic E-state index is -0.994. The summed E-state index contributed by atoms with van der Waals surface area (Å²) in [5.74, 6) is -0.714. The average Bonchev–Trinajstić information content (AvgIpc) is 2.29. The lowest BCUT2D eigenvalue weighted by molar-refractivity contribution is -0.150. The third-order valence-electron chi connectivity index (χ3n) is 2.34. The fourth-order valence-corrected chi connectivity index (χ4v) is 1.83. The molecule has 5 heteroatoms. The summed E-state index contributed by atoms with van der Waals surface area (Å²) >= 11 is 11.9. The molecular formula is C13H16Cl2O3. The van der Waals surface area contributed by atoms with Crippen LogP contribution >= 0.6 is 23.2 Å². The Bertz CT molecular complexity index is 419. The monoisotopic (exact) mass is 290 g/mol. The second kappa shape index (κ2) is 6.98. The maximum absolute atomic E-state index is 11.1. The summed E-state index contributed by atoms with van der Waals surface area (Å²) in [7, 11) is 0. The Morgan fingerprint density at radius 2 is 2.06 bits per heavy atom. The molecular weight excluding hydrogens is 275 g/mol. The largest absolute Gasteiger partial charge is 0.479 e. The number of rotatable bonds is 6. The second-order valence-corrected chi connectivity index (χ2v) is 5.26. The summed E-state index contributed by atoms with van der Waals surface area (Å²) < 4.78 is 5.36. The highest BCUT2D eigenvalue weighted by Crippen LogP contribution is 2.26. The summed E-state index contributed by atoms with van der Waals surface area (Å²) in [5.41, 5.74) is 0.681. The molecule has 0 amide bonds. The van der Waals surface area contributed by atoms with Crippen LogP contribution < -0.4 is 0 Å². The highest BCUT2D eigenvalue weighted by atomic mass is 35.5. The van der Waals surface area contributed by atoms with Crippen molar-refractivity contribution in [2.24, 2.45) is 5.92 Å². The number of ether oxygens (including phenoxy) is 1. The SMILES string of the molecule is CC(C)CO[C@H](Cc1cccc(Cl)c1Cl)C(=O)O. The topological polar surface area (TPSA) is 46.5 Å². The van der Waals surface area contributed by atoms with Gasteiger partial charge in [0.1, 0.15) is 0 Å². The Hall–Kier alpha value is -0.770. The van der Waals surface area contributed by atoms with Crippen LogP contribution in [0.4, 0.5) is 0 Å². The number of hydrogen-bond acceptors (Lipinski definition) is 2. The van der Waals surface area contributed by atoms with Gasteiger partial charge in [0.2, 0.25) is 0 Å². The van der Waals surface area contributed by atoms with Crippen molar-refractivity contribution in [2.45, 2.75) is 26.4 Å². The van der Waals surface area contributed by atoms with Gasteiger partial charge in [0.05, 0.1) is 16.7 Å². The molecule has 3 nitrogen and oxygen atoms in total. The van der Waals surface area contributed by atoms with Crippen LogP contribution in [0.1, 0.15) is 19.4 Å². The lowest BCUT2D eigenvalue weighted by atomic mass is 10.1. The van der Waals surface area contributed by atoms with E-state index in [1.807, 2.05) is 13.8 Å². The average molecular weight is 291 g/mol. The quantitative estimate of drug-likeness (QED) is 0.870. The van der Waals surface area contributed by atoms with Crippen LogP contribution in [0, 0.1) is 5.92 Å². The predicted molar refractivity (Wildman–Crippen MR) is 72.4 cm³/mol. The van der Waals surface area contributed by atoms with E-state index < -0.39 is 12.1 Å². The summed E-state index contributed by atoms with van der Waals surface area (Å²) in [4.78, 5) is 11.1. The van der Waals surface area contributed by atoms with Crippen LogP contribution in [0.25, 0.3) is 0 Å². The minimum absolute atomic E-state index is 0.210. The highest BCUT2D eigenvalue weighted by Gasteiger charge is 2.20. The third-order valence-corrected chi connectivity index (χ3v) is 3.20. The smallest absolute Gasteiger partial charge is 0.333 e. The molecule has 0 saturated heterocycles. The predicted octanol–water partition coefficient (Wildman–Crippen LogP) is 3.66. The molecule has 0 heterocycles. The molecule has 0 aliphatic rings. The van der Waals surface area contributed by atoms with Crippen molar-refractivity contribution in [1.82, 2.24) is 0 Å². The Morgan fingerprint density at radius 1 is 1.39 bits per heavy atom. The molecule has 0 aliphatic heterocycles. The molecule has 0 radical (unpaired) electrons. The van der Waals surface area contributed by atoms with E-state index in [0.717, 1.165) is 0 Å². The number of hydrogen-bond donors (Lipinski definition) is 1. The van der Waals surface area contributed by atoms with E-state index in [-0.39, 0.29) is 12.3 Å². The molecule has 1 atom stereocenters. The van der Waals surface area contributed by atoms with Crippen molar-refractivity contribution < 1.29 is 14.6 Å². The number of carboxylic acid groups (broad SMARTS) is 1. The number of aliphatic carboxylic acids is 1. The first-order chi connectivity index (χ1) is 8.41. The highest BCUT2D eigenvalue weighted by molar-refractivity contribution is 6.42. The van der Waals surface area contributed by atoms with Crippen LogP contribution in [0.15, 0.2) is 18.2 Å². The third kappa shape index (κ3) is 4.48. The molecule has 1 aromatic carbocycles. The number of carboxylic acids is 1. The van der Waals surface area contributed by atoms with Gasteiger partial charge in [-0.05, 0) is 17.5 Å². The van der Waals surface area contributed by atoms with Crippen LogP contribution in [0.5, 0.6) is 0 Å². The van der Waals surface area contributed by atoms with Gasteiger partial charge >= 0.3 is 5.97 Å². The van der Waals surface area contributed by atoms with Crippen LogP contribution in [0.2, 0.25) is 10.0 Å². The van der Waals surface area contributed by atoms with E-state index >= 15 is 0 Å². The van der Waals surface area contributed by atoms with Gasteiger partial charge < -0.3 is 9.84 Å². The molecule has 1 rings (SSSR count). The first-order valence-corrected chi connectivity index (χ1v) is 6.44. The van der Waals surface area contributed by atoms with E-state index in [9.17, 15) is 4.79 Å². The number of halogens is 2. The maximum atomic E-state index is 11.1. The second-order valence-electron chi connectivity index (χ2n) is 4.47. The molecule has 0 saturated carbocycles. The Kier molecular flexibility index (Phi) is 5.93. The zero-order valence-electron chi connectivity index (χ0n) is 10.3. The van der Waals surface area contributed by atoms with Crippen LogP contribution in [-0.4, -0.2) is 23.8 Å². The fraction of sp³-hybridized carbons (Fsp3) is 0.462. The van der Waals surface area contributed by atoms with E-state index in [2.05, 4.69) is 0 Å². The summed E-state index contributed by atoms with van der Waals surface area (Å²) in [6.45, 7) is 4.33. The summed E-state index contributed by atoms with van der Waals surface area (Å²) in [6.07, 6.45) is -0.690. The van der Waals surface area contributed by atoms with Gasteiger partial charge in [-0.15, -0.1) is 0 Å². The van der Waals surface area contributed by atoms with Gasteiger partial charge in [-0.2, -0.15) is 0 Å². The number of benzene rings is 1. The van der Waals surface area contributed by atoms with Gasteiger partial charge in [0, 0.05) is 6.42 Å². The summed E-state index contributed by atoms with van der Waals surface area (Å²) in [6, 6.07) is 5.16. The molecule has 0 bridgehead atoms. The van der Waals surface area contributed by atoms with Crippen LogP contribution in [-0.2, 0) is 16.0 Å². The van der Waals surface area contributed by atoms with Crippen molar-refractivity contribution in [2.75, 3.05) is 6.61 Å². The van der Waals surface area contributed by atoms with Gasteiger partial charge in [-0.3, -0.25) is 0 Å². The van der Waals surface area contributed by atoms with Gasteiger partial charge in [-0.1, -0.05) is 49.2 Å². The molecule has 0 unspecified atom stereocenters. The van der Waals surface area contributed by atoms with Crippen molar-refractivity contribution in [3.8, 4) is 0 Å². The molecule has 1 N–H and O–H groups in total. The molecule has 0 fully saturated rings. The van der Waals surface area contributed by atoms with Crippen molar-refractivity contribution >= 4 is 29.2 Å². The van der Waals surface area contributed by atoms with Gasteiger partial charge in [-0.25, -0.2) is 4.79 Å². The van der Waals surface area contributed by atoms with Crippen molar-refractivity contribution in [3.63, 3.8) is 0 Å². The molecule has 100 valence electrons. The Morgan fingerprint density at radius 3 is 2.61 bits per heavy atom. The lowest BCUT2D eigenvalue weighted by Gasteiger charge is -2.16. The van der Waals surface area contributed by atoms with E-state index in [0.29, 0.717) is 22.2 Å². The minimum Gasteiger partial charge on any atom is -0.479 e. The normalized spacial score (nSPS) is 12.7.